The fourth-order valence-corrected chi connectivity index (χ4v) is 3.51. The third-order valence-corrected chi connectivity index (χ3v) is 5.15. The highest BCUT2D eigenvalue weighted by Gasteiger charge is 2.25. The number of rotatable bonds is 9. The van der Waals surface area contributed by atoms with Crippen LogP contribution in [-0.4, -0.2) is 40.7 Å². The first-order valence-electron chi connectivity index (χ1n) is 9.68. The number of para-hydroxylation sites is 1. The van der Waals surface area contributed by atoms with Gasteiger partial charge < -0.3 is 9.64 Å². The number of hydrogen-bond acceptors (Lipinski definition) is 7. The molecule has 1 unspecified atom stereocenters. The van der Waals surface area contributed by atoms with E-state index in [-0.39, 0.29) is 25.3 Å². The van der Waals surface area contributed by atoms with Gasteiger partial charge in [0.05, 0.1) is 12.5 Å². The molecular formula is C22H26N4O3S. The molecule has 1 aromatic carbocycles. The first-order valence-corrected chi connectivity index (χ1v) is 10.9. The highest BCUT2D eigenvalue weighted by Crippen LogP contribution is 2.19. The van der Waals surface area contributed by atoms with E-state index in [2.05, 4.69) is 9.97 Å². The molecule has 1 aromatic heterocycles. The highest BCUT2D eigenvalue weighted by molar-refractivity contribution is 7.98. The second kappa shape index (κ2) is 11.3. The second-order valence-corrected chi connectivity index (χ2v) is 7.50. The van der Waals surface area contributed by atoms with Crippen LogP contribution in [0, 0.1) is 25.2 Å². The van der Waals surface area contributed by atoms with Crippen molar-refractivity contribution in [3.05, 3.63) is 47.3 Å². The Morgan fingerprint density at radius 1 is 1.20 bits per heavy atom. The minimum Gasteiger partial charge on any atom is -0.453 e. The molecule has 0 aliphatic heterocycles. The Bertz CT molecular complexity index is 905. The van der Waals surface area contributed by atoms with Gasteiger partial charge in [-0.2, -0.15) is 5.26 Å². The van der Waals surface area contributed by atoms with Crippen molar-refractivity contribution in [2.45, 2.75) is 51.3 Å². The SMILES string of the molecule is CSc1nc(C)c(CCC(=O)OC(C)C(=O)N(CCC#N)c2ccccc2)c(C)n1. The fraction of sp³-hybridized carbons (Fsp3) is 0.409. The number of carbonyl (C=O) groups is 2. The van der Waals surface area contributed by atoms with E-state index in [4.69, 9.17) is 10.00 Å². The number of thioether (sulfide) groups is 1. The van der Waals surface area contributed by atoms with Crippen LogP contribution in [0.4, 0.5) is 5.69 Å². The van der Waals surface area contributed by atoms with E-state index in [9.17, 15) is 9.59 Å². The molecule has 1 heterocycles. The van der Waals surface area contributed by atoms with Crippen molar-refractivity contribution in [3.8, 4) is 6.07 Å². The molecular weight excluding hydrogens is 400 g/mol. The molecule has 1 amide bonds. The minimum absolute atomic E-state index is 0.130. The van der Waals surface area contributed by atoms with E-state index >= 15 is 0 Å². The van der Waals surface area contributed by atoms with Crippen LogP contribution in [0.25, 0.3) is 0 Å². The van der Waals surface area contributed by atoms with Crippen molar-refractivity contribution in [3.63, 3.8) is 0 Å². The summed E-state index contributed by atoms with van der Waals surface area (Å²) in [5.74, 6) is -0.818. The number of aromatic nitrogens is 2. The smallest absolute Gasteiger partial charge is 0.306 e. The first kappa shape index (κ1) is 23.4. The lowest BCUT2D eigenvalue weighted by atomic mass is 10.1. The normalized spacial score (nSPS) is 11.4. The molecule has 8 heteroatoms. The van der Waals surface area contributed by atoms with Crippen LogP contribution < -0.4 is 4.90 Å². The monoisotopic (exact) mass is 426 g/mol. The molecule has 1 atom stereocenters. The summed E-state index contributed by atoms with van der Waals surface area (Å²) in [5.41, 5.74) is 3.27. The minimum atomic E-state index is -0.950. The molecule has 0 aliphatic rings. The summed E-state index contributed by atoms with van der Waals surface area (Å²) in [6.45, 7) is 5.58. The number of hydrogen-bond donors (Lipinski definition) is 0. The third kappa shape index (κ3) is 6.29. The van der Waals surface area contributed by atoms with Crippen LogP contribution >= 0.6 is 11.8 Å². The zero-order chi connectivity index (χ0) is 22.1. The summed E-state index contributed by atoms with van der Waals surface area (Å²) in [5, 5.41) is 9.60. The lowest BCUT2D eigenvalue weighted by Crippen LogP contribution is -2.40. The van der Waals surface area contributed by atoms with Crippen LogP contribution in [0.3, 0.4) is 0 Å². The van der Waals surface area contributed by atoms with Gasteiger partial charge >= 0.3 is 5.97 Å². The average molecular weight is 427 g/mol. The Morgan fingerprint density at radius 3 is 2.40 bits per heavy atom. The highest BCUT2D eigenvalue weighted by atomic mass is 32.2. The van der Waals surface area contributed by atoms with Crippen molar-refractivity contribution >= 4 is 29.3 Å². The molecule has 7 nitrogen and oxygen atoms in total. The number of aryl methyl sites for hydroxylation is 2. The number of amides is 1. The van der Waals surface area contributed by atoms with E-state index in [1.165, 1.54) is 16.7 Å². The predicted octanol–water partition coefficient (Wildman–Crippen LogP) is 3.63. The average Bonchev–Trinajstić information content (AvgIpc) is 2.73. The van der Waals surface area contributed by atoms with Gasteiger partial charge in [0.1, 0.15) is 0 Å². The second-order valence-electron chi connectivity index (χ2n) is 6.73. The van der Waals surface area contributed by atoms with Gasteiger partial charge in [-0.3, -0.25) is 9.59 Å². The van der Waals surface area contributed by atoms with Gasteiger partial charge in [-0.1, -0.05) is 30.0 Å². The van der Waals surface area contributed by atoms with Crippen LogP contribution in [-0.2, 0) is 20.7 Å². The van der Waals surface area contributed by atoms with Crippen LogP contribution in [0.1, 0.15) is 36.7 Å². The molecule has 0 radical (unpaired) electrons. The van der Waals surface area contributed by atoms with E-state index in [1.807, 2.05) is 44.4 Å². The standard InChI is InChI=1S/C22H26N4O3S/c1-15-19(16(2)25-22(24-15)30-4)11-12-20(27)29-17(3)21(28)26(14-8-13-23)18-9-6-5-7-10-18/h5-7,9-10,17H,8,11-12,14H2,1-4H3. The van der Waals surface area contributed by atoms with E-state index in [0.717, 1.165) is 17.0 Å². The summed E-state index contributed by atoms with van der Waals surface area (Å²) in [6, 6.07) is 11.1. The number of benzene rings is 1. The number of anilines is 1. The molecule has 30 heavy (non-hydrogen) atoms. The molecule has 0 N–H and O–H groups in total. The molecule has 0 bridgehead atoms. The first-order chi connectivity index (χ1) is 14.4. The van der Waals surface area contributed by atoms with Gasteiger partial charge in [0, 0.05) is 30.0 Å². The van der Waals surface area contributed by atoms with Crippen LogP contribution in [0.5, 0.6) is 0 Å². The molecule has 0 fully saturated rings. The summed E-state index contributed by atoms with van der Waals surface area (Å²) >= 11 is 1.47. The molecule has 0 saturated carbocycles. The van der Waals surface area contributed by atoms with E-state index < -0.39 is 12.1 Å². The summed E-state index contributed by atoms with van der Waals surface area (Å²) in [4.78, 5) is 35.5. The topological polar surface area (TPSA) is 96.2 Å². The molecule has 0 saturated heterocycles. The number of ether oxygens (including phenoxy) is 1. The Labute approximate surface area is 181 Å². The van der Waals surface area contributed by atoms with Crippen molar-refractivity contribution in [1.82, 2.24) is 9.97 Å². The van der Waals surface area contributed by atoms with Gasteiger partial charge in [0.2, 0.25) is 0 Å². The zero-order valence-corrected chi connectivity index (χ0v) is 18.5. The predicted molar refractivity (Wildman–Crippen MR) is 116 cm³/mol. The number of esters is 1. The van der Waals surface area contributed by atoms with Crippen LogP contribution in [0.15, 0.2) is 35.5 Å². The lowest BCUT2D eigenvalue weighted by Gasteiger charge is -2.25. The summed E-state index contributed by atoms with van der Waals surface area (Å²) in [6.07, 6.45) is 1.73. The maximum atomic E-state index is 12.9. The van der Waals surface area contributed by atoms with Gasteiger partial charge in [-0.15, -0.1) is 0 Å². The molecule has 0 spiro atoms. The molecule has 158 valence electrons. The van der Waals surface area contributed by atoms with Crippen LogP contribution in [0.2, 0.25) is 0 Å². The Balaban J connectivity index is 2.00. The van der Waals surface area contributed by atoms with Crippen molar-refractivity contribution < 1.29 is 14.3 Å². The molecule has 2 aromatic rings. The largest absolute Gasteiger partial charge is 0.453 e. The molecule has 0 aliphatic carbocycles. The Morgan fingerprint density at radius 2 is 1.83 bits per heavy atom. The number of nitrogens with zero attached hydrogens (tertiary/aromatic N) is 4. The Hall–Kier alpha value is -2.92. The maximum Gasteiger partial charge on any atom is 0.306 e. The number of nitriles is 1. The zero-order valence-electron chi connectivity index (χ0n) is 17.7. The number of carbonyl (C=O) groups excluding carboxylic acids is 2. The third-order valence-electron chi connectivity index (χ3n) is 4.60. The molecule has 2 rings (SSSR count). The van der Waals surface area contributed by atoms with E-state index in [0.29, 0.717) is 17.3 Å². The Kier molecular flexibility index (Phi) is 8.81. The van der Waals surface area contributed by atoms with Gasteiger partial charge in [0.15, 0.2) is 11.3 Å². The van der Waals surface area contributed by atoms with E-state index in [1.54, 1.807) is 19.1 Å². The van der Waals surface area contributed by atoms with Gasteiger partial charge in [-0.05, 0) is 51.1 Å². The maximum absolute atomic E-state index is 12.9. The van der Waals surface area contributed by atoms with Crippen molar-refractivity contribution in [2.24, 2.45) is 0 Å². The van der Waals surface area contributed by atoms with Crippen molar-refractivity contribution in [2.75, 3.05) is 17.7 Å². The quantitative estimate of drug-likeness (QED) is 0.343. The van der Waals surface area contributed by atoms with Gasteiger partial charge in [0.25, 0.3) is 5.91 Å². The summed E-state index contributed by atoms with van der Waals surface area (Å²) < 4.78 is 5.38. The summed E-state index contributed by atoms with van der Waals surface area (Å²) in [7, 11) is 0. The lowest BCUT2D eigenvalue weighted by molar-refractivity contribution is -0.153. The van der Waals surface area contributed by atoms with Crippen molar-refractivity contribution in [1.29, 1.82) is 5.26 Å². The van der Waals surface area contributed by atoms with Gasteiger partial charge in [-0.25, -0.2) is 9.97 Å². The fourth-order valence-electron chi connectivity index (χ4n) is 3.05.